The second-order valence-corrected chi connectivity index (χ2v) is 9.24. The lowest BCUT2D eigenvalue weighted by atomic mass is 10.1. The number of hydrogen-bond acceptors (Lipinski definition) is 7. The Morgan fingerprint density at radius 1 is 1.16 bits per heavy atom. The minimum atomic E-state index is 0.372. The van der Waals surface area contributed by atoms with E-state index in [9.17, 15) is 0 Å². The summed E-state index contributed by atoms with van der Waals surface area (Å²) < 4.78 is 4.68. The molecule has 1 aromatic carbocycles. The van der Waals surface area contributed by atoms with Crippen LogP contribution in [0.1, 0.15) is 25.2 Å². The van der Waals surface area contributed by atoms with Gasteiger partial charge in [0.05, 0.1) is 28.2 Å². The van der Waals surface area contributed by atoms with Gasteiger partial charge in [-0.05, 0) is 54.4 Å². The molecule has 1 saturated heterocycles. The van der Waals surface area contributed by atoms with E-state index < -0.39 is 0 Å². The normalized spacial score (nSPS) is 19.5. The maximum atomic E-state index is 4.84. The molecule has 0 unspecified atom stereocenters. The van der Waals surface area contributed by atoms with Crippen LogP contribution in [0.5, 0.6) is 0 Å². The highest BCUT2D eigenvalue weighted by Gasteiger charge is 2.24. The lowest BCUT2D eigenvalue weighted by Gasteiger charge is -2.36. The van der Waals surface area contributed by atoms with Crippen LogP contribution in [-0.4, -0.2) is 54.3 Å². The highest BCUT2D eigenvalue weighted by atomic mass is 79.9. The van der Waals surface area contributed by atoms with Gasteiger partial charge in [-0.15, -0.1) is 0 Å². The van der Waals surface area contributed by atoms with Crippen molar-refractivity contribution in [3.63, 3.8) is 0 Å². The van der Waals surface area contributed by atoms with Crippen LogP contribution < -0.4 is 15.5 Å². The van der Waals surface area contributed by atoms with Gasteiger partial charge in [0.1, 0.15) is 5.82 Å². The molecule has 1 fully saturated rings. The first-order chi connectivity index (χ1) is 14.9. The summed E-state index contributed by atoms with van der Waals surface area (Å²) in [5.41, 5.74) is 4.06. The first-order valence-corrected chi connectivity index (χ1v) is 11.3. The molecule has 5 rings (SSSR count). The lowest BCUT2D eigenvalue weighted by molar-refractivity contribution is 0.403. The molecule has 0 radical (unpaired) electrons. The third kappa shape index (κ3) is 3.74. The maximum absolute atomic E-state index is 4.84. The van der Waals surface area contributed by atoms with E-state index in [1.165, 1.54) is 5.56 Å². The standard InChI is InChI=1S/C21H26BrN9/c1-12-5-6-17-16(7-12)26-18(29(17)4)9-23-20-28-21(27-19-15(22)8-24-31(19)20)30-10-13(2)25-14(3)11-30/h5-8,13-14,25H,9-11H2,1-4H3,(H,23,27,28)/t13-,14+. The number of nitrogens with one attached hydrogen (secondary N) is 2. The zero-order chi connectivity index (χ0) is 21.7. The topological polar surface area (TPSA) is 88.2 Å². The number of anilines is 2. The van der Waals surface area contributed by atoms with Crippen LogP contribution in [0.2, 0.25) is 0 Å². The number of aryl methyl sites for hydroxylation is 2. The van der Waals surface area contributed by atoms with Gasteiger partial charge in [0.25, 0.3) is 0 Å². The fourth-order valence-corrected chi connectivity index (χ4v) is 4.61. The van der Waals surface area contributed by atoms with Crippen molar-refractivity contribution in [2.75, 3.05) is 23.3 Å². The Morgan fingerprint density at radius 2 is 1.94 bits per heavy atom. The molecule has 0 aliphatic carbocycles. The number of rotatable bonds is 4. The predicted octanol–water partition coefficient (Wildman–Crippen LogP) is 2.88. The first-order valence-electron chi connectivity index (χ1n) is 10.5. The molecule has 162 valence electrons. The molecule has 9 nitrogen and oxygen atoms in total. The second-order valence-electron chi connectivity index (χ2n) is 8.38. The average molecular weight is 484 g/mol. The number of halogens is 1. The molecule has 1 aliphatic rings. The van der Waals surface area contributed by atoms with Gasteiger partial charge in [-0.1, -0.05) is 6.07 Å². The lowest BCUT2D eigenvalue weighted by Crippen LogP contribution is -2.54. The van der Waals surface area contributed by atoms with Crippen molar-refractivity contribution in [1.82, 2.24) is 34.4 Å². The van der Waals surface area contributed by atoms with Crippen molar-refractivity contribution in [2.45, 2.75) is 39.4 Å². The molecule has 1 aliphatic heterocycles. The van der Waals surface area contributed by atoms with E-state index >= 15 is 0 Å². The molecule has 0 bridgehead atoms. The Morgan fingerprint density at radius 3 is 2.71 bits per heavy atom. The van der Waals surface area contributed by atoms with Crippen molar-refractivity contribution in [1.29, 1.82) is 0 Å². The van der Waals surface area contributed by atoms with E-state index in [4.69, 9.17) is 15.0 Å². The zero-order valence-electron chi connectivity index (χ0n) is 18.1. The summed E-state index contributed by atoms with van der Waals surface area (Å²) in [6.45, 7) is 8.69. The molecule has 31 heavy (non-hydrogen) atoms. The van der Waals surface area contributed by atoms with E-state index in [0.717, 1.165) is 40.1 Å². The molecule has 0 saturated carbocycles. The van der Waals surface area contributed by atoms with Crippen molar-refractivity contribution in [3.8, 4) is 0 Å². The SMILES string of the molecule is Cc1ccc2c(c1)nc(CNc1nc(N3C[C@@H](C)N[C@@H](C)C3)nc3c(Br)cnn13)n2C. The number of hydrogen-bond donors (Lipinski definition) is 2. The number of piperazine rings is 1. The Kier molecular flexibility index (Phi) is 5.05. The predicted molar refractivity (Wildman–Crippen MR) is 126 cm³/mol. The second kappa shape index (κ2) is 7.76. The average Bonchev–Trinajstić information content (AvgIpc) is 3.25. The van der Waals surface area contributed by atoms with Gasteiger partial charge in [0.15, 0.2) is 5.65 Å². The van der Waals surface area contributed by atoms with Gasteiger partial charge in [-0.2, -0.15) is 19.6 Å². The van der Waals surface area contributed by atoms with Crippen molar-refractivity contribution < 1.29 is 0 Å². The summed E-state index contributed by atoms with van der Waals surface area (Å²) in [7, 11) is 2.04. The number of nitrogens with zero attached hydrogens (tertiary/aromatic N) is 7. The number of benzene rings is 1. The summed E-state index contributed by atoms with van der Waals surface area (Å²) >= 11 is 3.57. The van der Waals surface area contributed by atoms with Crippen LogP contribution in [0.3, 0.4) is 0 Å². The van der Waals surface area contributed by atoms with Crippen molar-refractivity contribution in [2.24, 2.45) is 7.05 Å². The van der Waals surface area contributed by atoms with E-state index in [2.05, 4.69) is 80.1 Å². The Bertz CT molecular complexity index is 1250. The molecule has 0 spiro atoms. The van der Waals surface area contributed by atoms with Crippen molar-refractivity contribution >= 4 is 44.5 Å². The zero-order valence-corrected chi connectivity index (χ0v) is 19.7. The number of fused-ring (bicyclic) bond motifs is 2. The summed E-state index contributed by atoms with van der Waals surface area (Å²) in [5, 5.41) is 11.4. The van der Waals surface area contributed by atoms with Gasteiger partial charge >= 0.3 is 0 Å². The van der Waals surface area contributed by atoms with Crippen LogP contribution in [-0.2, 0) is 13.6 Å². The van der Waals surface area contributed by atoms with Gasteiger partial charge in [0.2, 0.25) is 11.9 Å². The maximum Gasteiger partial charge on any atom is 0.230 e. The third-order valence-corrected chi connectivity index (χ3v) is 6.25. The fraction of sp³-hybridized carbons (Fsp3) is 0.429. The minimum Gasteiger partial charge on any atom is -0.347 e. The summed E-state index contributed by atoms with van der Waals surface area (Å²) in [4.78, 5) is 16.7. The van der Waals surface area contributed by atoms with E-state index in [1.807, 2.05) is 7.05 Å². The van der Waals surface area contributed by atoms with E-state index in [1.54, 1.807) is 10.7 Å². The smallest absolute Gasteiger partial charge is 0.230 e. The molecule has 3 aromatic heterocycles. The molecular weight excluding hydrogens is 458 g/mol. The molecule has 2 atom stereocenters. The molecule has 0 amide bonds. The number of aromatic nitrogens is 6. The third-order valence-electron chi connectivity index (χ3n) is 5.69. The minimum absolute atomic E-state index is 0.372. The molecule has 2 N–H and O–H groups in total. The highest BCUT2D eigenvalue weighted by Crippen LogP contribution is 2.23. The van der Waals surface area contributed by atoms with Crippen LogP contribution >= 0.6 is 15.9 Å². The van der Waals surface area contributed by atoms with Gasteiger partial charge in [-0.25, -0.2) is 4.98 Å². The number of imidazole rings is 1. The summed E-state index contributed by atoms with van der Waals surface area (Å²) in [6.07, 6.45) is 1.75. The molecule has 10 heteroatoms. The monoisotopic (exact) mass is 483 g/mol. The van der Waals surface area contributed by atoms with Gasteiger partial charge in [-0.3, -0.25) is 0 Å². The van der Waals surface area contributed by atoms with E-state index in [-0.39, 0.29) is 0 Å². The van der Waals surface area contributed by atoms with E-state index in [0.29, 0.717) is 30.5 Å². The van der Waals surface area contributed by atoms with Crippen LogP contribution in [0.25, 0.3) is 16.7 Å². The molecular formula is C21H26BrN9. The van der Waals surface area contributed by atoms with Crippen LogP contribution in [0.15, 0.2) is 28.9 Å². The van der Waals surface area contributed by atoms with Gasteiger partial charge < -0.3 is 20.1 Å². The van der Waals surface area contributed by atoms with Crippen molar-refractivity contribution in [3.05, 3.63) is 40.3 Å². The molecule has 4 heterocycles. The summed E-state index contributed by atoms with van der Waals surface area (Å²) in [5.74, 6) is 2.29. The van der Waals surface area contributed by atoms with Crippen LogP contribution in [0.4, 0.5) is 11.9 Å². The molecule has 4 aromatic rings. The quantitative estimate of drug-likeness (QED) is 0.461. The van der Waals surface area contributed by atoms with Crippen LogP contribution in [0, 0.1) is 6.92 Å². The fourth-order valence-electron chi connectivity index (χ4n) is 4.26. The highest BCUT2D eigenvalue weighted by molar-refractivity contribution is 9.10. The Labute approximate surface area is 189 Å². The first kappa shape index (κ1) is 20.2. The summed E-state index contributed by atoms with van der Waals surface area (Å²) in [6, 6.07) is 7.07. The largest absolute Gasteiger partial charge is 0.347 e. The Hall–Kier alpha value is -2.72. The Balaban J connectivity index is 1.49. The van der Waals surface area contributed by atoms with Gasteiger partial charge in [0, 0.05) is 32.2 Å².